The van der Waals surface area contributed by atoms with Gasteiger partial charge in [0.25, 0.3) is 0 Å². The van der Waals surface area contributed by atoms with Crippen LogP contribution in [0.15, 0.2) is 24.3 Å². The lowest BCUT2D eigenvalue weighted by atomic mass is 10.1. The van der Waals surface area contributed by atoms with Crippen molar-refractivity contribution in [3.63, 3.8) is 0 Å². The van der Waals surface area contributed by atoms with Crippen LogP contribution in [0.25, 0.3) is 0 Å². The molecule has 0 aliphatic heterocycles. The summed E-state index contributed by atoms with van der Waals surface area (Å²) in [5.74, 6) is -0.774. The van der Waals surface area contributed by atoms with E-state index < -0.39 is 0 Å². The Kier molecular flexibility index (Phi) is 22.4. The first-order valence-electron chi connectivity index (χ1n) is 16.4. The van der Waals surface area contributed by atoms with Crippen LogP contribution >= 0.6 is 0 Å². The average molecular weight is 561 g/mol. The van der Waals surface area contributed by atoms with Crippen LogP contribution in [0.4, 0.5) is 0 Å². The van der Waals surface area contributed by atoms with E-state index in [1.54, 1.807) is 24.3 Å². The maximum absolute atomic E-state index is 12.6. The lowest BCUT2D eigenvalue weighted by Crippen LogP contribution is -2.27. The third-order valence-corrected chi connectivity index (χ3v) is 7.59. The molecule has 230 valence electrons. The number of esters is 2. The number of carbonyl (C=O) groups is 2. The van der Waals surface area contributed by atoms with E-state index in [2.05, 4.69) is 37.5 Å². The smallest absolute Gasteiger partial charge is 0.338 e. The number of carbonyl (C=O) groups excluding carboxylic acids is 2. The topological polar surface area (TPSA) is 59.1 Å². The Morgan fingerprint density at radius 1 is 0.550 bits per heavy atom. The molecule has 0 aliphatic rings. The first-order chi connectivity index (χ1) is 19.5. The molecule has 0 atom stereocenters. The molecule has 0 heterocycles. The van der Waals surface area contributed by atoms with E-state index in [0.717, 1.165) is 52.1 Å². The van der Waals surface area contributed by atoms with Gasteiger partial charge in [-0.25, -0.2) is 9.59 Å². The SMILES string of the molecule is CCCCCCCCN(CC)CCCOC(=O)c1cccc(C(=O)OCCCN(CC)CCCCCCCC)c1. The molecule has 0 aromatic heterocycles. The Hall–Kier alpha value is -1.92. The van der Waals surface area contributed by atoms with E-state index in [-0.39, 0.29) is 11.9 Å². The molecule has 0 aliphatic carbocycles. The Labute approximate surface area is 246 Å². The number of hydrogen-bond donors (Lipinski definition) is 0. The van der Waals surface area contributed by atoms with Crippen molar-refractivity contribution in [1.29, 1.82) is 0 Å². The third-order valence-electron chi connectivity index (χ3n) is 7.59. The van der Waals surface area contributed by atoms with Crippen LogP contribution in [0.3, 0.4) is 0 Å². The van der Waals surface area contributed by atoms with Crippen LogP contribution in [0.2, 0.25) is 0 Å². The molecule has 0 saturated heterocycles. The Balaban J connectivity index is 2.28. The molecule has 40 heavy (non-hydrogen) atoms. The maximum Gasteiger partial charge on any atom is 0.338 e. The molecule has 1 rings (SSSR count). The molecule has 0 bridgehead atoms. The fourth-order valence-corrected chi connectivity index (χ4v) is 4.93. The van der Waals surface area contributed by atoms with Crippen LogP contribution in [-0.2, 0) is 9.47 Å². The van der Waals surface area contributed by atoms with Crippen molar-refractivity contribution in [1.82, 2.24) is 9.80 Å². The van der Waals surface area contributed by atoms with E-state index >= 15 is 0 Å². The highest BCUT2D eigenvalue weighted by Gasteiger charge is 2.13. The molecule has 0 N–H and O–H groups in total. The molecule has 1 aromatic carbocycles. The number of unbranched alkanes of at least 4 members (excludes halogenated alkanes) is 10. The van der Waals surface area contributed by atoms with Crippen molar-refractivity contribution in [3.05, 3.63) is 35.4 Å². The Bertz CT molecular complexity index is 711. The Morgan fingerprint density at radius 3 is 1.32 bits per heavy atom. The van der Waals surface area contributed by atoms with E-state index in [1.807, 2.05) is 0 Å². The van der Waals surface area contributed by atoms with Crippen molar-refractivity contribution >= 4 is 11.9 Å². The van der Waals surface area contributed by atoms with Gasteiger partial charge in [0, 0.05) is 13.1 Å². The van der Waals surface area contributed by atoms with E-state index in [4.69, 9.17) is 9.47 Å². The fraction of sp³-hybridized carbons (Fsp3) is 0.765. The molecule has 0 saturated carbocycles. The maximum atomic E-state index is 12.6. The summed E-state index contributed by atoms with van der Waals surface area (Å²) in [6.45, 7) is 15.7. The highest BCUT2D eigenvalue weighted by atomic mass is 16.5. The van der Waals surface area contributed by atoms with Gasteiger partial charge >= 0.3 is 11.9 Å². The van der Waals surface area contributed by atoms with E-state index in [0.29, 0.717) is 24.3 Å². The van der Waals surface area contributed by atoms with Crippen molar-refractivity contribution in [2.45, 2.75) is 118 Å². The van der Waals surface area contributed by atoms with Crippen LogP contribution in [-0.4, -0.2) is 74.2 Å². The second-order valence-electron chi connectivity index (χ2n) is 11.0. The molecular formula is C34H60N2O4. The van der Waals surface area contributed by atoms with Gasteiger partial charge in [0.2, 0.25) is 0 Å². The minimum Gasteiger partial charge on any atom is -0.462 e. The quantitative estimate of drug-likeness (QED) is 0.0842. The zero-order valence-electron chi connectivity index (χ0n) is 26.4. The second-order valence-corrected chi connectivity index (χ2v) is 11.0. The molecule has 0 amide bonds. The van der Waals surface area contributed by atoms with Crippen LogP contribution in [0.5, 0.6) is 0 Å². The molecule has 1 aromatic rings. The summed E-state index contributed by atoms with van der Waals surface area (Å²) in [5, 5.41) is 0. The standard InChI is InChI=1S/C34H60N2O4/c1-5-9-11-13-15-17-24-35(7-3)26-20-28-39-33(37)31-22-19-23-32(30-31)34(38)40-29-21-27-36(8-4)25-18-16-14-12-10-6-2/h19,22-23,30H,5-18,20-21,24-29H2,1-4H3. The molecule has 6 heteroatoms. The van der Waals surface area contributed by atoms with Crippen molar-refractivity contribution in [2.75, 3.05) is 52.5 Å². The highest BCUT2D eigenvalue weighted by Crippen LogP contribution is 2.11. The zero-order chi connectivity index (χ0) is 29.3. The van der Waals surface area contributed by atoms with Gasteiger partial charge in [0.15, 0.2) is 0 Å². The monoisotopic (exact) mass is 560 g/mol. The summed E-state index contributed by atoms with van der Waals surface area (Å²) in [5.41, 5.74) is 0.787. The summed E-state index contributed by atoms with van der Waals surface area (Å²) < 4.78 is 11.0. The van der Waals surface area contributed by atoms with Gasteiger partial charge in [-0.2, -0.15) is 0 Å². The van der Waals surface area contributed by atoms with Gasteiger partial charge in [0.05, 0.1) is 24.3 Å². The lowest BCUT2D eigenvalue weighted by Gasteiger charge is -2.20. The highest BCUT2D eigenvalue weighted by molar-refractivity contribution is 5.95. The van der Waals surface area contributed by atoms with Gasteiger partial charge < -0.3 is 19.3 Å². The normalized spacial score (nSPS) is 11.3. The Morgan fingerprint density at radius 2 is 0.925 bits per heavy atom. The van der Waals surface area contributed by atoms with Gasteiger partial charge in [0.1, 0.15) is 0 Å². The third kappa shape index (κ3) is 17.7. The van der Waals surface area contributed by atoms with Crippen molar-refractivity contribution < 1.29 is 19.1 Å². The molecule has 0 spiro atoms. The van der Waals surface area contributed by atoms with Gasteiger partial charge in [-0.1, -0.05) is 98.0 Å². The van der Waals surface area contributed by atoms with Crippen LogP contribution in [0, 0.1) is 0 Å². The number of hydrogen-bond acceptors (Lipinski definition) is 6. The lowest BCUT2D eigenvalue weighted by molar-refractivity contribution is 0.0487. The van der Waals surface area contributed by atoms with E-state index in [9.17, 15) is 9.59 Å². The largest absolute Gasteiger partial charge is 0.462 e. The summed E-state index contributed by atoms with van der Waals surface area (Å²) in [7, 11) is 0. The molecule has 6 nitrogen and oxygen atoms in total. The summed E-state index contributed by atoms with van der Waals surface area (Å²) in [6.07, 6.45) is 17.2. The number of nitrogens with zero attached hydrogens (tertiary/aromatic N) is 2. The average Bonchev–Trinajstić information content (AvgIpc) is 2.98. The molecule has 0 fully saturated rings. The first kappa shape index (κ1) is 36.1. The van der Waals surface area contributed by atoms with Gasteiger partial charge in [-0.15, -0.1) is 0 Å². The van der Waals surface area contributed by atoms with Gasteiger partial charge in [-0.05, 0) is 70.1 Å². The predicted molar refractivity (Wildman–Crippen MR) is 167 cm³/mol. The molecule has 0 radical (unpaired) electrons. The second kappa shape index (κ2) is 24.8. The minimum absolute atomic E-state index is 0.382. The van der Waals surface area contributed by atoms with E-state index in [1.165, 1.54) is 77.0 Å². The predicted octanol–water partition coefficient (Wildman–Crippen LogP) is 8.15. The minimum atomic E-state index is -0.387. The van der Waals surface area contributed by atoms with Crippen molar-refractivity contribution in [2.24, 2.45) is 0 Å². The van der Waals surface area contributed by atoms with Crippen LogP contribution in [0.1, 0.15) is 138 Å². The number of ether oxygens (including phenoxy) is 2. The first-order valence-corrected chi connectivity index (χ1v) is 16.4. The fourth-order valence-electron chi connectivity index (χ4n) is 4.93. The summed E-state index contributed by atoms with van der Waals surface area (Å²) in [6, 6.07) is 6.68. The number of benzene rings is 1. The molecular weight excluding hydrogens is 500 g/mol. The van der Waals surface area contributed by atoms with Crippen molar-refractivity contribution in [3.8, 4) is 0 Å². The summed E-state index contributed by atoms with van der Waals surface area (Å²) in [4.78, 5) is 30.0. The zero-order valence-corrected chi connectivity index (χ0v) is 26.4. The molecule has 0 unspecified atom stereocenters. The van der Waals surface area contributed by atoms with Crippen LogP contribution < -0.4 is 0 Å². The van der Waals surface area contributed by atoms with Gasteiger partial charge in [-0.3, -0.25) is 0 Å². The number of rotatable bonds is 26. The summed E-state index contributed by atoms with van der Waals surface area (Å²) >= 11 is 0.